The molecule has 0 saturated heterocycles. The van der Waals surface area contributed by atoms with Crippen LogP contribution in [0.25, 0.3) is 0 Å². The van der Waals surface area contributed by atoms with Crippen molar-refractivity contribution < 1.29 is 9.90 Å². The molecule has 0 spiro atoms. The number of benzene rings is 1. The van der Waals surface area contributed by atoms with Crippen LogP contribution in [0.15, 0.2) is 24.3 Å². The molecule has 98 valence electrons. The molecule has 1 aliphatic carbocycles. The Hall–Kier alpha value is -1.35. The molecule has 0 radical (unpaired) electrons. The fraction of sp³-hybridized carbons (Fsp3) is 0.533. The summed E-state index contributed by atoms with van der Waals surface area (Å²) in [6.07, 6.45) is 6.88. The Morgan fingerprint density at radius 2 is 1.72 bits per heavy atom. The van der Waals surface area contributed by atoms with Crippen molar-refractivity contribution in [2.45, 2.75) is 45.1 Å². The number of aliphatic hydroxyl groups is 1. The quantitative estimate of drug-likeness (QED) is 0.806. The third kappa shape index (κ3) is 3.57. The third-order valence-corrected chi connectivity index (χ3v) is 3.63. The smallest absolute Gasteiger partial charge is 0.227 e. The molecule has 0 atom stereocenters. The Labute approximate surface area is 108 Å². The van der Waals surface area contributed by atoms with Crippen molar-refractivity contribution in [2.75, 3.05) is 5.32 Å². The third-order valence-electron chi connectivity index (χ3n) is 3.63. The molecule has 1 aliphatic rings. The molecule has 3 heteroatoms. The molecule has 1 amide bonds. The van der Waals surface area contributed by atoms with E-state index in [1.807, 2.05) is 24.3 Å². The molecule has 1 fully saturated rings. The summed E-state index contributed by atoms with van der Waals surface area (Å²) in [4.78, 5) is 12.1. The van der Waals surface area contributed by atoms with Crippen LogP contribution in [0.2, 0.25) is 0 Å². The maximum Gasteiger partial charge on any atom is 0.227 e. The summed E-state index contributed by atoms with van der Waals surface area (Å²) < 4.78 is 0. The highest BCUT2D eigenvalue weighted by atomic mass is 16.3. The van der Waals surface area contributed by atoms with Crippen LogP contribution in [-0.2, 0) is 11.4 Å². The summed E-state index contributed by atoms with van der Waals surface area (Å²) in [6, 6.07) is 7.37. The van der Waals surface area contributed by atoms with E-state index in [0.29, 0.717) is 0 Å². The van der Waals surface area contributed by atoms with Gasteiger partial charge in [-0.3, -0.25) is 4.79 Å². The molecular formula is C15H21NO2. The van der Waals surface area contributed by atoms with Gasteiger partial charge in [-0.1, -0.05) is 37.8 Å². The summed E-state index contributed by atoms with van der Waals surface area (Å²) in [6.45, 7) is 0.0385. The molecule has 1 aromatic rings. The van der Waals surface area contributed by atoms with Crippen LogP contribution in [0.5, 0.6) is 0 Å². The predicted octanol–water partition coefficient (Wildman–Crippen LogP) is 3.09. The molecule has 2 rings (SSSR count). The van der Waals surface area contributed by atoms with Crippen LogP contribution < -0.4 is 5.32 Å². The maximum atomic E-state index is 12.1. The molecular weight excluding hydrogens is 226 g/mol. The van der Waals surface area contributed by atoms with Gasteiger partial charge in [-0.2, -0.15) is 0 Å². The summed E-state index contributed by atoms with van der Waals surface area (Å²) in [5.41, 5.74) is 1.68. The van der Waals surface area contributed by atoms with E-state index in [9.17, 15) is 4.79 Å². The Balaban J connectivity index is 1.92. The van der Waals surface area contributed by atoms with Gasteiger partial charge in [-0.25, -0.2) is 0 Å². The number of hydrogen-bond donors (Lipinski definition) is 2. The van der Waals surface area contributed by atoms with Crippen molar-refractivity contribution in [3.05, 3.63) is 29.8 Å². The number of carbonyl (C=O) groups excluding carboxylic acids is 1. The van der Waals surface area contributed by atoms with Crippen molar-refractivity contribution in [1.29, 1.82) is 0 Å². The number of nitrogens with one attached hydrogen (secondary N) is 1. The average molecular weight is 247 g/mol. The Kier molecular flexibility index (Phi) is 4.76. The highest BCUT2D eigenvalue weighted by Crippen LogP contribution is 2.24. The number of anilines is 1. The first-order valence-corrected chi connectivity index (χ1v) is 6.80. The number of carbonyl (C=O) groups is 1. The second-order valence-corrected chi connectivity index (χ2v) is 5.03. The van der Waals surface area contributed by atoms with Gasteiger partial charge in [0, 0.05) is 11.6 Å². The van der Waals surface area contributed by atoms with Crippen LogP contribution in [0.4, 0.5) is 5.69 Å². The van der Waals surface area contributed by atoms with Gasteiger partial charge in [0.2, 0.25) is 5.91 Å². The number of aliphatic hydroxyl groups excluding tert-OH is 1. The van der Waals surface area contributed by atoms with E-state index in [-0.39, 0.29) is 18.4 Å². The van der Waals surface area contributed by atoms with Gasteiger partial charge in [0.05, 0.1) is 6.61 Å². The van der Waals surface area contributed by atoms with E-state index in [1.165, 1.54) is 25.7 Å². The van der Waals surface area contributed by atoms with Crippen molar-refractivity contribution in [2.24, 2.45) is 5.92 Å². The van der Waals surface area contributed by atoms with Crippen LogP contribution in [0.1, 0.15) is 44.1 Å². The second kappa shape index (κ2) is 6.55. The van der Waals surface area contributed by atoms with Gasteiger partial charge in [0.15, 0.2) is 0 Å². The summed E-state index contributed by atoms with van der Waals surface area (Å²) >= 11 is 0. The number of rotatable bonds is 3. The zero-order chi connectivity index (χ0) is 12.8. The standard InChI is InChI=1S/C15H21NO2/c17-11-12-7-9-14(10-8-12)16-15(18)13-5-3-1-2-4-6-13/h7-10,13,17H,1-6,11H2,(H,16,18). The molecule has 0 heterocycles. The average Bonchev–Trinajstić information content (AvgIpc) is 2.68. The highest BCUT2D eigenvalue weighted by molar-refractivity contribution is 5.92. The summed E-state index contributed by atoms with van der Waals surface area (Å²) in [7, 11) is 0. The normalized spacial score (nSPS) is 17.2. The number of hydrogen-bond acceptors (Lipinski definition) is 2. The molecule has 0 aromatic heterocycles. The maximum absolute atomic E-state index is 12.1. The Morgan fingerprint density at radius 3 is 2.28 bits per heavy atom. The predicted molar refractivity (Wildman–Crippen MR) is 72.2 cm³/mol. The number of amides is 1. The molecule has 0 aliphatic heterocycles. The minimum Gasteiger partial charge on any atom is -0.392 e. The Bertz CT molecular complexity index is 378. The van der Waals surface area contributed by atoms with Gasteiger partial charge in [-0.15, -0.1) is 0 Å². The summed E-state index contributed by atoms with van der Waals surface area (Å²) in [5.74, 6) is 0.318. The van der Waals surface area contributed by atoms with Crippen molar-refractivity contribution in [1.82, 2.24) is 0 Å². The van der Waals surface area contributed by atoms with Crippen molar-refractivity contribution in [3.63, 3.8) is 0 Å². The highest BCUT2D eigenvalue weighted by Gasteiger charge is 2.19. The van der Waals surface area contributed by atoms with Gasteiger partial charge in [0.1, 0.15) is 0 Å². The lowest BCUT2D eigenvalue weighted by Crippen LogP contribution is -2.22. The summed E-state index contributed by atoms with van der Waals surface area (Å²) in [5, 5.41) is 11.9. The lowest BCUT2D eigenvalue weighted by molar-refractivity contribution is -0.120. The van der Waals surface area contributed by atoms with E-state index in [4.69, 9.17) is 5.11 Å². The van der Waals surface area contributed by atoms with Gasteiger partial charge >= 0.3 is 0 Å². The minimum atomic E-state index is 0.0385. The molecule has 3 nitrogen and oxygen atoms in total. The van der Waals surface area contributed by atoms with E-state index in [0.717, 1.165) is 24.1 Å². The first-order chi connectivity index (χ1) is 8.79. The van der Waals surface area contributed by atoms with Crippen LogP contribution in [0, 0.1) is 5.92 Å². The van der Waals surface area contributed by atoms with E-state index in [1.54, 1.807) is 0 Å². The SMILES string of the molecule is O=C(Nc1ccc(CO)cc1)C1CCCCCC1. The molecule has 0 bridgehead atoms. The van der Waals surface area contributed by atoms with Gasteiger partial charge in [-0.05, 0) is 30.5 Å². The van der Waals surface area contributed by atoms with Gasteiger partial charge < -0.3 is 10.4 Å². The van der Waals surface area contributed by atoms with Gasteiger partial charge in [0.25, 0.3) is 0 Å². The fourth-order valence-corrected chi connectivity index (χ4v) is 2.48. The first kappa shape index (κ1) is 13.1. The largest absolute Gasteiger partial charge is 0.392 e. The first-order valence-electron chi connectivity index (χ1n) is 6.80. The molecule has 2 N–H and O–H groups in total. The zero-order valence-electron chi connectivity index (χ0n) is 10.7. The second-order valence-electron chi connectivity index (χ2n) is 5.03. The van der Waals surface area contributed by atoms with E-state index in [2.05, 4.69) is 5.32 Å². The fourth-order valence-electron chi connectivity index (χ4n) is 2.48. The van der Waals surface area contributed by atoms with Crippen LogP contribution in [-0.4, -0.2) is 11.0 Å². The lowest BCUT2D eigenvalue weighted by atomic mass is 9.99. The van der Waals surface area contributed by atoms with Crippen LogP contribution >= 0.6 is 0 Å². The topological polar surface area (TPSA) is 49.3 Å². The molecule has 1 aromatic carbocycles. The molecule has 0 unspecified atom stereocenters. The van der Waals surface area contributed by atoms with E-state index >= 15 is 0 Å². The monoisotopic (exact) mass is 247 g/mol. The Morgan fingerprint density at radius 1 is 1.11 bits per heavy atom. The zero-order valence-corrected chi connectivity index (χ0v) is 10.7. The minimum absolute atomic E-state index is 0.0385. The van der Waals surface area contributed by atoms with Crippen molar-refractivity contribution >= 4 is 11.6 Å². The van der Waals surface area contributed by atoms with Crippen LogP contribution in [0.3, 0.4) is 0 Å². The van der Waals surface area contributed by atoms with E-state index < -0.39 is 0 Å². The lowest BCUT2D eigenvalue weighted by Gasteiger charge is -2.14. The molecule has 1 saturated carbocycles. The van der Waals surface area contributed by atoms with Crippen molar-refractivity contribution in [3.8, 4) is 0 Å². The molecule has 18 heavy (non-hydrogen) atoms.